The highest BCUT2D eigenvalue weighted by molar-refractivity contribution is 5.78. The number of carbonyl (C=O) groups excluding carboxylic acids is 1. The highest BCUT2D eigenvalue weighted by Crippen LogP contribution is 2.37. The molecule has 0 saturated carbocycles. The molecule has 1 aliphatic heterocycles. The van der Waals surface area contributed by atoms with Crippen LogP contribution in [-0.2, 0) is 4.79 Å². The fourth-order valence-corrected chi connectivity index (χ4v) is 2.81. The van der Waals surface area contributed by atoms with Gasteiger partial charge in [0, 0.05) is 30.6 Å². The molecule has 1 amide bonds. The standard InChI is InChI=1S/C15H22N2O3/c1-4-17-14(18)8-7-12(16)15(17)11-6-5-10(19-2)9-13(11)20-3/h5-6,9,12,15H,4,7-8,16H2,1-3H3. The van der Waals surface area contributed by atoms with Crippen molar-refractivity contribution in [2.45, 2.75) is 31.8 Å². The van der Waals surface area contributed by atoms with E-state index in [2.05, 4.69) is 0 Å². The summed E-state index contributed by atoms with van der Waals surface area (Å²) in [7, 11) is 3.23. The van der Waals surface area contributed by atoms with Crippen LogP contribution in [0.4, 0.5) is 0 Å². The third kappa shape index (κ3) is 2.58. The highest BCUT2D eigenvalue weighted by Gasteiger charge is 2.35. The van der Waals surface area contributed by atoms with E-state index in [4.69, 9.17) is 15.2 Å². The van der Waals surface area contributed by atoms with E-state index in [1.807, 2.05) is 30.0 Å². The number of rotatable bonds is 4. The topological polar surface area (TPSA) is 64.8 Å². The Bertz CT molecular complexity index is 490. The predicted molar refractivity (Wildman–Crippen MR) is 76.9 cm³/mol. The zero-order valence-electron chi connectivity index (χ0n) is 12.3. The fourth-order valence-electron chi connectivity index (χ4n) is 2.81. The summed E-state index contributed by atoms with van der Waals surface area (Å²) in [5, 5.41) is 0. The van der Waals surface area contributed by atoms with Crippen molar-refractivity contribution in [3.63, 3.8) is 0 Å². The summed E-state index contributed by atoms with van der Waals surface area (Å²) < 4.78 is 10.7. The average Bonchev–Trinajstić information content (AvgIpc) is 2.48. The molecule has 0 aliphatic carbocycles. The predicted octanol–water partition coefficient (Wildman–Crippen LogP) is 1.71. The van der Waals surface area contributed by atoms with Crippen LogP contribution < -0.4 is 15.2 Å². The van der Waals surface area contributed by atoms with Crippen molar-refractivity contribution in [1.82, 2.24) is 4.90 Å². The maximum absolute atomic E-state index is 12.1. The van der Waals surface area contributed by atoms with Gasteiger partial charge < -0.3 is 20.1 Å². The second-order valence-corrected chi connectivity index (χ2v) is 4.94. The van der Waals surface area contributed by atoms with Crippen LogP contribution in [0.25, 0.3) is 0 Å². The zero-order chi connectivity index (χ0) is 14.7. The van der Waals surface area contributed by atoms with Gasteiger partial charge in [0.1, 0.15) is 11.5 Å². The van der Waals surface area contributed by atoms with Gasteiger partial charge in [0.25, 0.3) is 0 Å². The van der Waals surface area contributed by atoms with Gasteiger partial charge in [-0.1, -0.05) is 0 Å². The molecule has 2 rings (SSSR count). The number of amides is 1. The fraction of sp³-hybridized carbons (Fsp3) is 0.533. The van der Waals surface area contributed by atoms with Crippen molar-refractivity contribution in [1.29, 1.82) is 0 Å². The Morgan fingerprint density at radius 3 is 2.70 bits per heavy atom. The molecule has 1 saturated heterocycles. The molecule has 110 valence electrons. The van der Waals surface area contributed by atoms with E-state index < -0.39 is 0 Å². The molecule has 1 aromatic carbocycles. The van der Waals surface area contributed by atoms with Crippen LogP contribution in [0, 0.1) is 0 Å². The van der Waals surface area contributed by atoms with Crippen molar-refractivity contribution >= 4 is 5.91 Å². The first-order valence-corrected chi connectivity index (χ1v) is 6.89. The van der Waals surface area contributed by atoms with Crippen LogP contribution >= 0.6 is 0 Å². The maximum atomic E-state index is 12.1. The van der Waals surface area contributed by atoms with Crippen molar-refractivity contribution in [3.8, 4) is 11.5 Å². The number of nitrogens with zero attached hydrogens (tertiary/aromatic N) is 1. The molecule has 5 nitrogen and oxygen atoms in total. The van der Waals surface area contributed by atoms with Crippen LogP contribution in [0.3, 0.4) is 0 Å². The molecule has 1 aliphatic rings. The van der Waals surface area contributed by atoms with Crippen LogP contribution in [0.1, 0.15) is 31.4 Å². The summed E-state index contributed by atoms with van der Waals surface area (Å²) in [6.07, 6.45) is 1.22. The second-order valence-electron chi connectivity index (χ2n) is 4.94. The Labute approximate surface area is 119 Å². The van der Waals surface area contributed by atoms with Gasteiger partial charge in [-0.05, 0) is 25.5 Å². The Hall–Kier alpha value is -1.75. The summed E-state index contributed by atoms with van der Waals surface area (Å²) in [5.41, 5.74) is 7.19. The Balaban J connectivity index is 2.43. The molecule has 1 aromatic rings. The van der Waals surface area contributed by atoms with Crippen molar-refractivity contribution in [2.24, 2.45) is 5.73 Å². The smallest absolute Gasteiger partial charge is 0.223 e. The third-order valence-corrected chi connectivity index (χ3v) is 3.85. The van der Waals surface area contributed by atoms with E-state index in [0.29, 0.717) is 25.1 Å². The Morgan fingerprint density at radius 1 is 1.35 bits per heavy atom. The van der Waals surface area contributed by atoms with Gasteiger partial charge in [-0.15, -0.1) is 0 Å². The number of carbonyl (C=O) groups is 1. The molecule has 20 heavy (non-hydrogen) atoms. The molecule has 0 spiro atoms. The average molecular weight is 278 g/mol. The first-order chi connectivity index (χ1) is 9.62. The van der Waals surface area contributed by atoms with Gasteiger partial charge in [-0.3, -0.25) is 4.79 Å². The largest absolute Gasteiger partial charge is 0.497 e. The highest BCUT2D eigenvalue weighted by atomic mass is 16.5. The molecule has 1 heterocycles. The van der Waals surface area contributed by atoms with E-state index in [1.54, 1.807) is 14.2 Å². The van der Waals surface area contributed by atoms with Crippen LogP contribution in [0.5, 0.6) is 11.5 Å². The first-order valence-electron chi connectivity index (χ1n) is 6.89. The molecule has 0 radical (unpaired) electrons. The van der Waals surface area contributed by atoms with E-state index in [1.165, 1.54) is 0 Å². The number of likely N-dealkylation sites (tertiary alicyclic amines) is 1. The molecule has 0 bridgehead atoms. The van der Waals surface area contributed by atoms with Gasteiger partial charge >= 0.3 is 0 Å². The molecule has 5 heteroatoms. The molecule has 2 atom stereocenters. The number of methoxy groups -OCH3 is 2. The number of benzene rings is 1. The minimum absolute atomic E-state index is 0.0741. The summed E-state index contributed by atoms with van der Waals surface area (Å²) >= 11 is 0. The summed E-state index contributed by atoms with van der Waals surface area (Å²) in [6, 6.07) is 5.42. The molecule has 2 N–H and O–H groups in total. The summed E-state index contributed by atoms with van der Waals surface area (Å²) in [6.45, 7) is 2.62. The molecular weight excluding hydrogens is 256 g/mol. The quantitative estimate of drug-likeness (QED) is 0.910. The number of piperidine rings is 1. The van der Waals surface area contributed by atoms with Gasteiger partial charge in [0.05, 0.1) is 20.3 Å². The lowest BCUT2D eigenvalue weighted by Crippen LogP contribution is -2.48. The van der Waals surface area contributed by atoms with Crippen LogP contribution in [0.15, 0.2) is 18.2 Å². The lowest BCUT2D eigenvalue weighted by Gasteiger charge is -2.39. The minimum Gasteiger partial charge on any atom is -0.497 e. The zero-order valence-corrected chi connectivity index (χ0v) is 12.3. The number of likely N-dealkylation sites (N-methyl/N-ethyl adjacent to an activating group) is 1. The Morgan fingerprint density at radius 2 is 2.10 bits per heavy atom. The molecular formula is C15H22N2O3. The van der Waals surface area contributed by atoms with Crippen molar-refractivity contribution in [2.75, 3.05) is 20.8 Å². The Kier molecular flexibility index (Phi) is 4.49. The summed E-state index contributed by atoms with van der Waals surface area (Å²) in [4.78, 5) is 13.9. The number of hydrogen-bond acceptors (Lipinski definition) is 4. The van der Waals surface area contributed by atoms with Gasteiger partial charge in [0.15, 0.2) is 0 Å². The number of hydrogen-bond donors (Lipinski definition) is 1. The van der Waals surface area contributed by atoms with Gasteiger partial charge in [0.2, 0.25) is 5.91 Å². The van der Waals surface area contributed by atoms with Crippen molar-refractivity contribution < 1.29 is 14.3 Å². The van der Waals surface area contributed by atoms with Crippen LogP contribution in [-0.4, -0.2) is 37.6 Å². The molecule has 1 fully saturated rings. The van der Waals surface area contributed by atoms with Crippen molar-refractivity contribution in [3.05, 3.63) is 23.8 Å². The minimum atomic E-state index is -0.137. The third-order valence-electron chi connectivity index (χ3n) is 3.85. The van der Waals surface area contributed by atoms with Gasteiger partial charge in [-0.25, -0.2) is 0 Å². The van der Waals surface area contributed by atoms with Crippen LogP contribution in [0.2, 0.25) is 0 Å². The normalized spacial score (nSPS) is 22.8. The lowest BCUT2D eigenvalue weighted by molar-refractivity contribution is -0.137. The molecule has 2 unspecified atom stereocenters. The second kappa shape index (κ2) is 6.13. The maximum Gasteiger partial charge on any atom is 0.223 e. The van der Waals surface area contributed by atoms with E-state index >= 15 is 0 Å². The van der Waals surface area contributed by atoms with E-state index in [0.717, 1.165) is 11.3 Å². The number of nitrogens with two attached hydrogens (primary N) is 1. The number of ether oxygens (including phenoxy) is 2. The SMILES string of the molecule is CCN1C(=O)CCC(N)C1c1ccc(OC)cc1OC. The van der Waals surface area contributed by atoms with E-state index in [9.17, 15) is 4.79 Å². The van der Waals surface area contributed by atoms with Gasteiger partial charge in [-0.2, -0.15) is 0 Å². The van der Waals surface area contributed by atoms with E-state index in [-0.39, 0.29) is 18.0 Å². The summed E-state index contributed by atoms with van der Waals surface area (Å²) in [5.74, 6) is 1.58. The monoisotopic (exact) mass is 278 g/mol. The first kappa shape index (κ1) is 14.7. The molecule has 0 aromatic heterocycles. The lowest BCUT2D eigenvalue weighted by atomic mass is 9.90.